The number of hydrogen-bond donors (Lipinski definition) is 1. The second-order valence-electron chi connectivity index (χ2n) is 4.96. The van der Waals surface area contributed by atoms with Gasteiger partial charge in [0.15, 0.2) is 6.04 Å². The van der Waals surface area contributed by atoms with Crippen LogP contribution >= 0.6 is 0 Å². The number of esters is 2. The lowest BCUT2D eigenvalue weighted by Gasteiger charge is -2.20. The van der Waals surface area contributed by atoms with Gasteiger partial charge >= 0.3 is 18.0 Å². The fraction of sp³-hybridized carbons (Fsp3) is 0.471. The van der Waals surface area contributed by atoms with Crippen LogP contribution in [0, 0.1) is 0 Å². The summed E-state index contributed by atoms with van der Waals surface area (Å²) in [6, 6.07) is 7.18. The van der Waals surface area contributed by atoms with Crippen LogP contribution in [0.1, 0.15) is 25.8 Å². The maximum Gasteiger partial charge on any atom is 0.408 e. The number of nitrogens with one attached hydrogen (secondary N) is 1. The van der Waals surface area contributed by atoms with E-state index in [0.29, 0.717) is 0 Å². The van der Waals surface area contributed by atoms with Gasteiger partial charge in [0.25, 0.3) is 0 Å². The number of rotatable bonds is 9. The third-order valence-electron chi connectivity index (χ3n) is 3.06. The second-order valence-corrected chi connectivity index (χ2v) is 4.96. The molecule has 2 unspecified atom stereocenters. The van der Waals surface area contributed by atoms with Crippen LogP contribution in [0.5, 0.6) is 0 Å². The average Bonchev–Trinajstić information content (AvgIpc) is 2.59. The Hall–Kier alpha value is -2.64. The summed E-state index contributed by atoms with van der Waals surface area (Å²) in [5.74, 6) is -1.81. The highest BCUT2D eigenvalue weighted by atomic mass is 19.1. The van der Waals surface area contributed by atoms with Crippen molar-refractivity contribution in [2.45, 2.75) is 39.1 Å². The van der Waals surface area contributed by atoms with E-state index in [9.17, 15) is 18.8 Å². The molecule has 0 aliphatic heterocycles. The summed E-state index contributed by atoms with van der Waals surface area (Å²) in [5, 5.41) is 2.10. The highest BCUT2D eigenvalue weighted by molar-refractivity contribution is 5.83. The topological polar surface area (TPSA) is 90.9 Å². The van der Waals surface area contributed by atoms with E-state index in [0.717, 1.165) is 5.56 Å². The number of alkyl carbamates (subject to hydrolysis) is 1. The average molecular weight is 355 g/mol. The van der Waals surface area contributed by atoms with Gasteiger partial charge in [0.05, 0.1) is 19.6 Å². The summed E-state index contributed by atoms with van der Waals surface area (Å²) in [4.78, 5) is 35.1. The maximum absolute atomic E-state index is 14.3. The van der Waals surface area contributed by atoms with E-state index in [1.807, 2.05) is 6.07 Å². The Kier molecular flexibility index (Phi) is 8.99. The first kappa shape index (κ1) is 20.4. The molecule has 25 heavy (non-hydrogen) atoms. The molecule has 0 aliphatic carbocycles. The number of halogens is 1. The Bertz CT molecular complexity index is 566. The lowest BCUT2D eigenvalue weighted by Crippen LogP contribution is -2.48. The van der Waals surface area contributed by atoms with Gasteiger partial charge in [-0.2, -0.15) is 0 Å². The summed E-state index contributed by atoms with van der Waals surface area (Å²) in [5.41, 5.74) is 0.730. The quantitative estimate of drug-likeness (QED) is 0.539. The standard InChI is InChI=1S/C17H22FNO6/c1-3-23-14(20)10-13(18)15(16(21)24-4-2)19-17(22)25-11-12-8-6-5-7-9-12/h5-9,13,15H,3-4,10-11H2,1-2H3,(H,19,22). The van der Waals surface area contributed by atoms with Crippen molar-refractivity contribution in [2.75, 3.05) is 13.2 Å². The SMILES string of the molecule is CCOC(=O)CC(F)C(NC(=O)OCc1ccccc1)C(=O)OCC. The van der Waals surface area contributed by atoms with E-state index in [1.165, 1.54) is 0 Å². The number of benzene rings is 1. The van der Waals surface area contributed by atoms with Crippen molar-refractivity contribution in [1.82, 2.24) is 5.32 Å². The Morgan fingerprint density at radius 2 is 1.68 bits per heavy atom. The number of ether oxygens (including phenoxy) is 3. The van der Waals surface area contributed by atoms with Crippen molar-refractivity contribution >= 4 is 18.0 Å². The second kappa shape index (κ2) is 11.0. The van der Waals surface area contributed by atoms with E-state index in [-0.39, 0.29) is 19.8 Å². The Balaban J connectivity index is 2.63. The third-order valence-corrected chi connectivity index (χ3v) is 3.06. The first-order valence-corrected chi connectivity index (χ1v) is 7.91. The van der Waals surface area contributed by atoms with Crippen molar-refractivity contribution in [2.24, 2.45) is 0 Å². The van der Waals surface area contributed by atoms with Gasteiger partial charge in [0.1, 0.15) is 12.8 Å². The maximum atomic E-state index is 14.3. The molecule has 2 atom stereocenters. The molecule has 1 aromatic carbocycles. The highest BCUT2D eigenvalue weighted by Gasteiger charge is 2.33. The molecule has 1 aromatic rings. The third kappa shape index (κ3) is 7.65. The predicted molar refractivity (Wildman–Crippen MR) is 86.3 cm³/mol. The Morgan fingerprint density at radius 3 is 2.28 bits per heavy atom. The van der Waals surface area contributed by atoms with Crippen molar-refractivity contribution in [1.29, 1.82) is 0 Å². The molecule has 1 rings (SSSR count). The van der Waals surface area contributed by atoms with Gasteiger partial charge in [-0.05, 0) is 19.4 Å². The van der Waals surface area contributed by atoms with Crippen molar-refractivity contribution in [3.63, 3.8) is 0 Å². The normalized spacial score (nSPS) is 12.6. The van der Waals surface area contributed by atoms with Crippen LogP contribution in [0.4, 0.5) is 9.18 Å². The van der Waals surface area contributed by atoms with Crippen molar-refractivity contribution in [3.8, 4) is 0 Å². The Labute approximate surface area is 145 Å². The molecule has 0 aromatic heterocycles. The van der Waals surface area contributed by atoms with Gasteiger partial charge in [-0.25, -0.2) is 14.0 Å². The summed E-state index contributed by atoms with van der Waals surface area (Å²) in [6.07, 6.45) is -3.67. The number of hydrogen-bond acceptors (Lipinski definition) is 6. The lowest BCUT2D eigenvalue weighted by atomic mass is 10.1. The lowest BCUT2D eigenvalue weighted by molar-refractivity contribution is -0.149. The molecule has 0 radical (unpaired) electrons. The molecular weight excluding hydrogens is 333 g/mol. The van der Waals surface area contributed by atoms with E-state index in [1.54, 1.807) is 38.1 Å². The molecule has 138 valence electrons. The number of amides is 1. The Morgan fingerprint density at radius 1 is 1.04 bits per heavy atom. The molecule has 1 N–H and O–H groups in total. The fourth-order valence-corrected chi connectivity index (χ4v) is 1.92. The molecule has 7 nitrogen and oxygen atoms in total. The number of alkyl halides is 1. The first-order valence-electron chi connectivity index (χ1n) is 7.91. The molecule has 1 amide bonds. The molecule has 8 heteroatoms. The summed E-state index contributed by atoms with van der Waals surface area (Å²) in [7, 11) is 0. The zero-order chi connectivity index (χ0) is 18.7. The van der Waals surface area contributed by atoms with E-state index in [2.05, 4.69) is 10.1 Å². The van der Waals surface area contributed by atoms with Crippen LogP contribution in [0.25, 0.3) is 0 Å². The zero-order valence-corrected chi connectivity index (χ0v) is 14.2. The van der Waals surface area contributed by atoms with E-state index in [4.69, 9.17) is 9.47 Å². The van der Waals surface area contributed by atoms with Crippen LogP contribution < -0.4 is 5.32 Å². The van der Waals surface area contributed by atoms with Crippen LogP contribution in [-0.4, -0.2) is 43.5 Å². The molecule has 0 aliphatic rings. The van der Waals surface area contributed by atoms with E-state index < -0.39 is 36.7 Å². The summed E-state index contributed by atoms with van der Waals surface area (Å²) in [6.45, 7) is 3.16. The summed E-state index contributed by atoms with van der Waals surface area (Å²) < 4.78 is 28.6. The molecular formula is C17H22FNO6. The minimum Gasteiger partial charge on any atom is -0.466 e. The number of carbonyl (C=O) groups is 3. The zero-order valence-electron chi connectivity index (χ0n) is 14.2. The van der Waals surface area contributed by atoms with Gasteiger partial charge in [0, 0.05) is 0 Å². The smallest absolute Gasteiger partial charge is 0.408 e. The first-order chi connectivity index (χ1) is 12.0. The molecule has 0 heterocycles. The van der Waals surface area contributed by atoms with Crippen LogP contribution in [0.3, 0.4) is 0 Å². The molecule has 0 bridgehead atoms. The van der Waals surface area contributed by atoms with Crippen LogP contribution in [-0.2, 0) is 30.4 Å². The highest BCUT2D eigenvalue weighted by Crippen LogP contribution is 2.09. The minimum absolute atomic E-state index is 0.00219. The van der Waals surface area contributed by atoms with Gasteiger partial charge in [-0.1, -0.05) is 30.3 Å². The monoisotopic (exact) mass is 355 g/mol. The molecule has 0 saturated heterocycles. The van der Waals surface area contributed by atoms with Gasteiger partial charge < -0.3 is 19.5 Å². The van der Waals surface area contributed by atoms with Crippen LogP contribution in [0.15, 0.2) is 30.3 Å². The van der Waals surface area contributed by atoms with E-state index >= 15 is 0 Å². The molecule has 0 fully saturated rings. The van der Waals surface area contributed by atoms with Crippen molar-refractivity contribution in [3.05, 3.63) is 35.9 Å². The molecule has 0 saturated carbocycles. The van der Waals surface area contributed by atoms with Gasteiger partial charge in [0.2, 0.25) is 0 Å². The summed E-state index contributed by atoms with van der Waals surface area (Å²) >= 11 is 0. The fourth-order valence-electron chi connectivity index (χ4n) is 1.92. The van der Waals surface area contributed by atoms with Gasteiger partial charge in [-0.15, -0.1) is 0 Å². The minimum atomic E-state index is -2.00. The predicted octanol–water partition coefficient (Wildman–Crippen LogP) is 2.14. The van der Waals surface area contributed by atoms with Crippen molar-refractivity contribution < 1.29 is 33.0 Å². The largest absolute Gasteiger partial charge is 0.466 e. The number of carbonyl (C=O) groups excluding carboxylic acids is 3. The van der Waals surface area contributed by atoms with Crippen LogP contribution in [0.2, 0.25) is 0 Å². The van der Waals surface area contributed by atoms with Gasteiger partial charge in [-0.3, -0.25) is 4.79 Å². The molecule has 0 spiro atoms.